The van der Waals surface area contributed by atoms with Crippen LogP contribution in [-0.2, 0) is 4.74 Å². The fourth-order valence-corrected chi connectivity index (χ4v) is 6.22. The molecule has 0 spiro atoms. The fourth-order valence-electron chi connectivity index (χ4n) is 6.14. The molecule has 0 bridgehead atoms. The van der Waals surface area contributed by atoms with Gasteiger partial charge in [0.05, 0.1) is 27.8 Å². The lowest BCUT2D eigenvalue weighted by molar-refractivity contribution is 0.147. The first-order chi connectivity index (χ1) is 19.5. The summed E-state index contributed by atoms with van der Waals surface area (Å²) in [4.78, 5) is 31.4. The van der Waals surface area contributed by atoms with Crippen molar-refractivity contribution >= 4 is 62.8 Å². The summed E-state index contributed by atoms with van der Waals surface area (Å²) in [6.07, 6.45) is 5.95. The van der Waals surface area contributed by atoms with Gasteiger partial charge in [-0.2, -0.15) is 5.26 Å². The van der Waals surface area contributed by atoms with Gasteiger partial charge in [0.1, 0.15) is 17.5 Å². The van der Waals surface area contributed by atoms with E-state index in [1.807, 2.05) is 39.3 Å². The highest BCUT2D eigenvalue weighted by atomic mass is 35.5. The number of alkyl halides is 1. The van der Waals surface area contributed by atoms with E-state index in [0.29, 0.717) is 27.9 Å². The number of ether oxygens (including phenoxy) is 1. The minimum absolute atomic E-state index is 0.102. The van der Waals surface area contributed by atoms with Crippen LogP contribution in [0.5, 0.6) is 0 Å². The number of carbonyl (C=O) groups excluding carboxylic acids is 1. The van der Waals surface area contributed by atoms with E-state index in [2.05, 4.69) is 32.9 Å². The highest BCUT2D eigenvalue weighted by molar-refractivity contribution is 6.23. The molecular formula is C30H35ClFN7O2. The summed E-state index contributed by atoms with van der Waals surface area (Å²) in [7, 11) is 3.61. The molecule has 5 rings (SSSR count). The number of nitrogens with one attached hydrogen (secondary N) is 1. The van der Waals surface area contributed by atoms with Crippen LogP contribution in [0.3, 0.4) is 0 Å². The van der Waals surface area contributed by atoms with Crippen LogP contribution >= 0.6 is 11.6 Å². The van der Waals surface area contributed by atoms with Crippen LogP contribution in [-0.4, -0.2) is 78.6 Å². The van der Waals surface area contributed by atoms with E-state index in [1.165, 1.54) is 24.9 Å². The molecule has 3 atom stereocenters. The molecule has 1 N–H and O–H groups in total. The first kappa shape index (κ1) is 28.8. The minimum atomic E-state index is -0.873. The summed E-state index contributed by atoms with van der Waals surface area (Å²) in [6, 6.07) is 3.60. The van der Waals surface area contributed by atoms with Crippen LogP contribution in [0.1, 0.15) is 45.2 Å². The lowest BCUT2D eigenvalue weighted by Gasteiger charge is -2.29. The number of H-pyrrole nitrogens is 1. The zero-order valence-electron chi connectivity index (χ0n) is 24.2. The number of fused-ring (bicyclic) bond motifs is 4. The molecule has 2 fully saturated rings. The van der Waals surface area contributed by atoms with Gasteiger partial charge in [-0.05, 0) is 52.7 Å². The number of halogens is 2. The Morgan fingerprint density at radius 3 is 2.78 bits per heavy atom. The van der Waals surface area contributed by atoms with E-state index in [4.69, 9.17) is 21.3 Å². The van der Waals surface area contributed by atoms with Gasteiger partial charge in [0, 0.05) is 68.2 Å². The highest BCUT2D eigenvalue weighted by Gasteiger charge is 2.42. The van der Waals surface area contributed by atoms with Gasteiger partial charge in [-0.25, -0.2) is 14.2 Å². The number of nitrogens with zero attached hydrogens (tertiary/aromatic N) is 6. The number of benzene rings is 1. The molecule has 11 heteroatoms. The lowest BCUT2D eigenvalue weighted by atomic mass is 9.98. The second-order valence-corrected chi connectivity index (χ2v) is 11.7. The van der Waals surface area contributed by atoms with Crippen molar-refractivity contribution in [2.75, 3.05) is 43.5 Å². The SMILES string of the molecule is C/C=C(\C=N/C(C)C)c1cnc2[nH]c3c(N(C)C(=O)OC(C)Cl)cc(F)c(C#N)c3c2c1N1CC[C@H]2CN(C)C[C@H]21. The number of likely N-dealkylation sites (tertiary alicyclic amines) is 1. The number of amides is 1. The third-order valence-electron chi connectivity index (χ3n) is 7.96. The summed E-state index contributed by atoms with van der Waals surface area (Å²) >= 11 is 5.89. The number of hydrogen-bond donors (Lipinski definition) is 1. The predicted molar refractivity (Wildman–Crippen MR) is 162 cm³/mol. The maximum atomic E-state index is 15.7. The molecule has 1 unspecified atom stereocenters. The number of likely N-dealkylation sites (N-methyl/N-ethyl adjacent to an activating group) is 1. The molecule has 0 saturated carbocycles. The number of pyridine rings is 1. The molecule has 1 amide bonds. The van der Waals surface area contributed by atoms with Gasteiger partial charge in [0.25, 0.3) is 0 Å². The van der Waals surface area contributed by atoms with Gasteiger partial charge in [-0.15, -0.1) is 0 Å². The van der Waals surface area contributed by atoms with E-state index >= 15 is 4.39 Å². The standard InChI is InChI=1S/C30H35ClFN7O2/c1-7-18(12-34-16(2)3)21-13-35-29-26(28(21)39-9-8-19-14-37(5)15-24(19)39)25-20(11-33)22(32)10-23(27(25)36-29)38(6)30(40)41-17(4)31/h7,10,12-13,16-17,19,24H,8-9,14-15H2,1-6H3,(H,35,36)/b18-7+,34-12-/t17?,19-,24+/m0/s1. The Hall–Kier alpha value is -3.68. The predicted octanol–water partition coefficient (Wildman–Crippen LogP) is 5.91. The van der Waals surface area contributed by atoms with Crippen molar-refractivity contribution in [3.63, 3.8) is 0 Å². The molecule has 2 aliphatic heterocycles. The van der Waals surface area contributed by atoms with Crippen molar-refractivity contribution in [3.8, 4) is 6.07 Å². The molecule has 1 aromatic carbocycles. The van der Waals surface area contributed by atoms with Crippen LogP contribution in [0.15, 0.2) is 23.3 Å². The highest BCUT2D eigenvalue weighted by Crippen LogP contribution is 2.46. The van der Waals surface area contributed by atoms with Crippen molar-refractivity contribution in [1.82, 2.24) is 14.9 Å². The molecule has 2 saturated heterocycles. The smallest absolute Gasteiger partial charge is 0.415 e. The third-order valence-corrected chi connectivity index (χ3v) is 8.05. The Morgan fingerprint density at radius 2 is 2.12 bits per heavy atom. The Bertz CT molecular complexity index is 1610. The first-order valence-corrected chi connectivity index (χ1v) is 14.3. The fraction of sp³-hybridized carbons (Fsp3) is 0.467. The molecule has 2 aromatic heterocycles. The number of anilines is 2. The van der Waals surface area contributed by atoms with Crippen molar-refractivity contribution in [3.05, 3.63) is 35.3 Å². The Labute approximate surface area is 244 Å². The van der Waals surface area contributed by atoms with Crippen molar-refractivity contribution in [2.24, 2.45) is 10.9 Å². The van der Waals surface area contributed by atoms with Crippen LogP contribution < -0.4 is 9.80 Å². The van der Waals surface area contributed by atoms with Crippen LogP contribution in [0.4, 0.5) is 20.6 Å². The average Bonchev–Trinajstić information content (AvgIpc) is 3.60. The molecule has 4 heterocycles. The number of aromatic nitrogens is 2. The minimum Gasteiger partial charge on any atom is -0.430 e. The van der Waals surface area contributed by atoms with E-state index in [9.17, 15) is 10.1 Å². The van der Waals surface area contributed by atoms with Gasteiger partial charge in [0.15, 0.2) is 5.56 Å². The van der Waals surface area contributed by atoms with E-state index < -0.39 is 17.5 Å². The average molecular weight is 580 g/mol. The number of rotatable bonds is 6. The van der Waals surface area contributed by atoms with Gasteiger partial charge < -0.3 is 19.5 Å². The topological polar surface area (TPSA) is 101 Å². The molecule has 0 aliphatic carbocycles. The molecule has 216 valence electrons. The van der Waals surface area contributed by atoms with Gasteiger partial charge in [0.2, 0.25) is 0 Å². The summed E-state index contributed by atoms with van der Waals surface area (Å²) in [5, 5.41) is 11.2. The van der Waals surface area contributed by atoms with E-state index in [1.54, 1.807) is 0 Å². The van der Waals surface area contributed by atoms with Gasteiger partial charge >= 0.3 is 6.09 Å². The maximum Gasteiger partial charge on any atom is 0.415 e. The van der Waals surface area contributed by atoms with Crippen LogP contribution in [0, 0.1) is 23.1 Å². The second-order valence-electron chi connectivity index (χ2n) is 11.1. The van der Waals surface area contributed by atoms with Crippen molar-refractivity contribution < 1.29 is 13.9 Å². The number of allylic oxidation sites excluding steroid dienone is 2. The zero-order valence-corrected chi connectivity index (χ0v) is 25.0. The summed E-state index contributed by atoms with van der Waals surface area (Å²) < 4.78 is 20.8. The molecule has 0 radical (unpaired) electrons. The van der Waals surface area contributed by atoms with E-state index in [0.717, 1.165) is 42.9 Å². The Kier molecular flexibility index (Phi) is 7.95. The lowest BCUT2D eigenvalue weighted by Crippen LogP contribution is -2.35. The summed E-state index contributed by atoms with van der Waals surface area (Å²) in [5.41, 5.74) is 2.79. The Balaban J connectivity index is 1.85. The molecule has 41 heavy (non-hydrogen) atoms. The zero-order chi connectivity index (χ0) is 29.6. The molecular weight excluding hydrogens is 545 g/mol. The molecule has 9 nitrogen and oxygen atoms in total. The number of nitriles is 1. The number of hydrogen-bond acceptors (Lipinski definition) is 7. The summed E-state index contributed by atoms with van der Waals surface area (Å²) in [6.45, 7) is 10.2. The van der Waals surface area contributed by atoms with Crippen LogP contribution in [0.25, 0.3) is 27.5 Å². The third kappa shape index (κ3) is 5.13. The van der Waals surface area contributed by atoms with Crippen molar-refractivity contribution in [2.45, 2.75) is 51.8 Å². The van der Waals surface area contributed by atoms with Gasteiger partial charge in [-0.3, -0.25) is 9.89 Å². The molecule has 2 aliphatic rings. The largest absolute Gasteiger partial charge is 0.430 e. The monoisotopic (exact) mass is 579 g/mol. The second kappa shape index (κ2) is 11.3. The maximum absolute atomic E-state index is 15.7. The summed E-state index contributed by atoms with van der Waals surface area (Å²) in [5.74, 6) is -0.237. The first-order valence-electron chi connectivity index (χ1n) is 13.9. The number of carbonyl (C=O) groups is 1. The van der Waals surface area contributed by atoms with Gasteiger partial charge in [-0.1, -0.05) is 17.7 Å². The number of aliphatic imine (C=N–C) groups is 1. The van der Waals surface area contributed by atoms with Crippen molar-refractivity contribution in [1.29, 1.82) is 5.26 Å². The molecule has 3 aromatic rings. The number of aromatic amines is 1. The van der Waals surface area contributed by atoms with Crippen LogP contribution in [0.2, 0.25) is 0 Å². The normalized spacial score (nSPS) is 20.4. The quantitative estimate of drug-likeness (QED) is 0.288. The Morgan fingerprint density at radius 1 is 1.37 bits per heavy atom. The van der Waals surface area contributed by atoms with E-state index in [-0.39, 0.29) is 23.3 Å².